The fourth-order valence-corrected chi connectivity index (χ4v) is 5.10. The second-order valence-electron chi connectivity index (χ2n) is 13.0. The molecule has 0 bridgehead atoms. The van der Waals surface area contributed by atoms with Crippen molar-refractivity contribution in [3.8, 4) is 0 Å². The molecule has 0 saturated carbocycles. The molecule has 0 rings (SSSR count). The van der Waals surface area contributed by atoms with Gasteiger partial charge in [-0.25, -0.2) is 0 Å². The minimum atomic E-state index is 0.195. The summed E-state index contributed by atoms with van der Waals surface area (Å²) in [4.78, 5) is 24.6. The quantitative estimate of drug-likeness (QED) is 0.0931. The Morgan fingerprint density at radius 3 is 1.08 bits per heavy atom. The van der Waals surface area contributed by atoms with Gasteiger partial charge in [-0.3, -0.25) is 9.59 Å². The summed E-state index contributed by atoms with van der Waals surface area (Å²) < 4.78 is 1.55. The SMILES string of the molecule is CCCCCCCCNC(=O)C[N+](C)(C)CCCCCCCC[N+](C)(C)CC(=O)NCCCCCCCC. The molecule has 0 unspecified atom stereocenters. The molecule has 0 aromatic carbocycles. The van der Waals surface area contributed by atoms with Crippen molar-refractivity contribution >= 4 is 11.8 Å². The topological polar surface area (TPSA) is 58.2 Å². The van der Waals surface area contributed by atoms with Crippen LogP contribution in [-0.2, 0) is 9.59 Å². The predicted molar refractivity (Wildman–Crippen MR) is 164 cm³/mol. The van der Waals surface area contributed by atoms with Crippen LogP contribution in [0.3, 0.4) is 0 Å². The standard InChI is InChI=1S/C32H66N4O2/c1-7-9-11-13-17-21-25-33-31(37)29-35(3,4)27-23-19-15-16-20-24-28-36(5,6)30-32(38)34-26-22-18-14-12-10-8-2/h7-30H2,1-6H3/p+2. The normalized spacial score (nSPS) is 12.1. The number of quaternary nitrogens is 2. The molecule has 0 aliphatic heterocycles. The Hall–Kier alpha value is -1.14. The molecule has 0 saturated heterocycles. The molecular weight excluding hydrogens is 472 g/mol. The van der Waals surface area contributed by atoms with Gasteiger partial charge in [-0.2, -0.15) is 0 Å². The Kier molecular flexibility index (Phi) is 23.0. The maximum Gasteiger partial charge on any atom is 0.275 e. The monoisotopic (exact) mass is 541 g/mol. The van der Waals surface area contributed by atoms with Crippen LogP contribution in [0.15, 0.2) is 0 Å². The summed E-state index contributed by atoms with van der Waals surface area (Å²) in [5, 5.41) is 6.24. The number of amides is 2. The predicted octanol–water partition coefficient (Wildman–Crippen LogP) is 6.43. The summed E-state index contributed by atoms with van der Waals surface area (Å²) in [5.74, 6) is 0.390. The average molecular weight is 541 g/mol. The van der Waals surface area contributed by atoms with Gasteiger partial charge in [-0.1, -0.05) is 90.9 Å². The van der Waals surface area contributed by atoms with E-state index >= 15 is 0 Å². The van der Waals surface area contributed by atoms with Crippen molar-refractivity contribution < 1.29 is 18.6 Å². The number of hydrogen-bond donors (Lipinski definition) is 2. The van der Waals surface area contributed by atoms with E-state index in [1.54, 1.807) is 0 Å². The van der Waals surface area contributed by atoms with Crippen molar-refractivity contribution in [3.05, 3.63) is 0 Å². The van der Waals surface area contributed by atoms with E-state index < -0.39 is 0 Å². The van der Waals surface area contributed by atoms with Gasteiger partial charge in [0.25, 0.3) is 11.8 Å². The van der Waals surface area contributed by atoms with Crippen LogP contribution in [-0.4, -0.2) is 88.2 Å². The zero-order chi connectivity index (χ0) is 28.5. The number of rotatable bonds is 27. The molecule has 2 amide bonds. The summed E-state index contributed by atoms with van der Waals surface area (Å²) in [6.45, 7) is 9.40. The maximum atomic E-state index is 12.3. The van der Waals surface area contributed by atoms with E-state index in [9.17, 15) is 9.59 Å². The van der Waals surface area contributed by atoms with Gasteiger partial charge in [-0.05, 0) is 38.5 Å². The first-order valence-corrected chi connectivity index (χ1v) is 16.3. The number of nitrogens with one attached hydrogen (secondary N) is 2. The maximum absolute atomic E-state index is 12.3. The van der Waals surface area contributed by atoms with Crippen LogP contribution >= 0.6 is 0 Å². The van der Waals surface area contributed by atoms with E-state index in [2.05, 4.69) is 52.7 Å². The van der Waals surface area contributed by atoms with Gasteiger partial charge in [0.2, 0.25) is 0 Å². The van der Waals surface area contributed by atoms with Gasteiger partial charge in [-0.15, -0.1) is 0 Å². The average Bonchev–Trinajstić information content (AvgIpc) is 2.83. The Bertz CT molecular complexity index is 528. The highest BCUT2D eigenvalue weighted by atomic mass is 16.2. The summed E-state index contributed by atoms with van der Waals surface area (Å²) >= 11 is 0. The third-order valence-electron chi connectivity index (χ3n) is 7.63. The van der Waals surface area contributed by atoms with Gasteiger partial charge in [0.05, 0.1) is 41.3 Å². The van der Waals surface area contributed by atoms with E-state index in [4.69, 9.17) is 0 Å². The van der Waals surface area contributed by atoms with Crippen LogP contribution < -0.4 is 10.6 Å². The molecule has 0 heterocycles. The van der Waals surface area contributed by atoms with Crippen molar-refractivity contribution in [2.45, 2.75) is 129 Å². The van der Waals surface area contributed by atoms with Crippen molar-refractivity contribution in [2.24, 2.45) is 0 Å². The van der Waals surface area contributed by atoms with Gasteiger partial charge in [0.1, 0.15) is 0 Å². The van der Waals surface area contributed by atoms with E-state index in [0.717, 1.165) is 48.0 Å². The third-order valence-corrected chi connectivity index (χ3v) is 7.63. The Morgan fingerprint density at radius 2 is 0.737 bits per heavy atom. The smallest absolute Gasteiger partial charge is 0.275 e. The highest BCUT2D eigenvalue weighted by Gasteiger charge is 2.20. The molecule has 6 heteroatoms. The number of nitrogens with zero attached hydrogens (tertiary/aromatic N) is 2. The van der Waals surface area contributed by atoms with E-state index in [1.165, 1.54) is 103 Å². The lowest BCUT2D eigenvalue weighted by atomic mass is 10.1. The van der Waals surface area contributed by atoms with E-state index in [1.807, 2.05) is 0 Å². The van der Waals surface area contributed by atoms with Crippen molar-refractivity contribution in [1.29, 1.82) is 0 Å². The highest BCUT2D eigenvalue weighted by Crippen LogP contribution is 2.11. The lowest BCUT2D eigenvalue weighted by Crippen LogP contribution is -2.48. The van der Waals surface area contributed by atoms with Crippen LogP contribution in [0.1, 0.15) is 129 Å². The zero-order valence-electron chi connectivity index (χ0n) is 26.7. The molecule has 0 aromatic heterocycles. The molecule has 0 fully saturated rings. The fraction of sp³-hybridized carbons (Fsp3) is 0.938. The zero-order valence-corrected chi connectivity index (χ0v) is 26.7. The second-order valence-corrected chi connectivity index (χ2v) is 13.0. The van der Waals surface area contributed by atoms with Crippen LogP contribution in [0.4, 0.5) is 0 Å². The highest BCUT2D eigenvalue weighted by molar-refractivity contribution is 5.77. The van der Waals surface area contributed by atoms with Crippen LogP contribution in [0.2, 0.25) is 0 Å². The first-order valence-electron chi connectivity index (χ1n) is 16.3. The lowest BCUT2D eigenvalue weighted by Gasteiger charge is -2.29. The molecule has 0 atom stereocenters. The van der Waals surface area contributed by atoms with Crippen LogP contribution in [0.5, 0.6) is 0 Å². The number of hydrogen-bond acceptors (Lipinski definition) is 2. The Labute approximate surface area is 237 Å². The molecule has 0 aliphatic rings. The molecule has 0 aromatic rings. The van der Waals surface area contributed by atoms with Crippen LogP contribution in [0, 0.1) is 0 Å². The Balaban J connectivity index is 3.73. The summed E-state index contributed by atoms with van der Waals surface area (Å²) in [7, 11) is 8.70. The summed E-state index contributed by atoms with van der Waals surface area (Å²) in [6.07, 6.45) is 22.5. The number of unbranched alkanes of at least 4 members (excludes halogenated alkanes) is 15. The lowest BCUT2D eigenvalue weighted by molar-refractivity contribution is -0.882. The van der Waals surface area contributed by atoms with Gasteiger partial charge in [0, 0.05) is 13.1 Å². The van der Waals surface area contributed by atoms with Gasteiger partial charge >= 0.3 is 0 Å². The first kappa shape index (κ1) is 36.9. The fourth-order valence-electron chi connectivity index (χ4n) is 5.10. The van der Waals surface area contributed by atoms with Crippen molar-refractivity contribution in [1.82, 2.24) is 10.6 Å². The number of carbonyl (C=O) groups is 2. The number of carbonyl (C=O) groups excluding carboxylic acids is 2. The molecular formula is C32H68N4O2+2. The largest absolute Gasteiger partial charge is 0.351 e. The molecule has 6 nitrogen and oxygen atoms in total. The van der Waals surface area contributed by atoms with Gasteiger partial charge in [0.15, 0.2) is 13.1 Å². The van der Waals surface area contributed by atoms with Crippen molar-refractivity contribution in [3.63, 3.8) is 0 Å². The Morgan fingerprint density at radius 1 is 0.447 bits per heavy atom. The van der Waals surface area contributed by atoms with Crippen molar-refractivity contribution in [2.75, 3.05) is 67.5 Å². The summed E-state index contributed by atoms with van der Waals surface area (Å²) in [6, 6.07) is 0. The summed E-state index contributed by atoms with van der Waals surface area (Å²) in [5.41, 5.74) is 0. The van der Waals surface area contributed by atoms with Crippen LogP contribution in [0.25, 0.3) is 0 Å². The molecule has 38 heavy (non-hydrogen) atoms. The molecule has 226 valence electrons. The molecule has 0 spiro atoms. The third kappa shape index (κ3) is 25.2. The molecule has 2 N–H and O–H groups in total. The number of likely N-dealkylation sites (N-methyl/N-ethyl adjacent to an activating group) is 2. The van der Waals surface area contributed by atoms with E-state index in [0.29, 0.717) is 13.1 Å². The first-order chi connectivity index (χ1) is 18.1. The molecule has 0 radical (unpaired) electrons. The minimum Gasteiger partial charge on any atom is -0.351 e. The minimum absolute atomic E-state index is 0.195. The molecule has 0 aliphatic carbocycles. The second kappa shape index (κ2) is 23.7. The van der Waals surface area contributed by atoms with E-state index in [-0.39, 0.29) is 11.8 Å². The van der Waals surface area contributed by atoms with Gasteiger partial charge < -0.3 is 19.6 Å².